The number of hydrogen-bond acceptors (Lipinski definition) is 3. The average molecular weight is 397 g/mol. The fourth-order valence-corrected chi connectivity index (χ4v) is 2.78. The Morgan fingerprint density at radius 3 is 2.48 bits per heavy atom. The molecule has 0 unspecified atom stereocenters. The van der Waals surface area contributed by atoms with Crippen LogP contribution in [-0.2, 0) is 6.42 Å². The molecule has 1 heterocycles. The van der Waals surface area contributed by atoms with Crippen LogP contribution in [0.4, 0.5) is 0 Å². The van der Waals surface area contributed by atoms with Crippen molar-refractivity contribution in [3.8, 4) is 11.3 Å². The van der Waals surface area contributed by atoms with Crippen LogP contribution in [0.3, 0.4) is 0 Å². The van der Waals surface area contributed by atoms with Crippen molar-refractivity contribution in [2.45, 2.75) is 20.3 Å². The molecule has 4 nitrogen and oxygen atoms in total. The van der Waals surface area contributed by atoms with Crippen molar-refractivity contribution < 1.29 is 0 Å². The molecular weight excluding hydrogens is 377 g/mol. The molecule has 2 rings (SSSR count). The summed E-state index contributed by atoms with van der Waals surface area (Å²) in [7, 11) is 0. The molecule has 0 amide bonds. The van der Waals surface area contributed by atoms with E-state index in [-0.39, 0.29) is 5.56 Å². The van der Waals surface area contributed by atoms with Crippen LogP contribution in [0.5, 0.6) is 0 Å². The summed E-state index contributed by atoms with van der Waals surface area (Å²) in [4.78, 5) is 22.0. The topological polar surface area (TPSA) is 49.0 Å². The van der Waals surface area contributed by atoms with Gasteiger partial charge < -0.3 is 9.88 Å². The predicted octanol–water partition coefficient (Wildman–Crippen LogP) is 2.93. The molecule has 2 aromatic rings. The van der Waals surface area contributed by atoms with Gasteiger partial charge in [-0.25, -0.2) is 4.98 Å². The van der Waals surface area contributed by atoms with E-state index in [1.807, 2.05) is 30.3 Å². The maximum atomic E-state index is 12.1. The SMILES string of the molecule is CCN(CC)CCc1nc(-c2ccccc2)c(I)c(=O)[nH]1. The summed E-state index contributed by atoms with van der Waals surface area (Å²) in [6, 6.07) is 9.86. The van der Waals surface area contributed by atoms with Gasteiger partial charge in [-0.2, -0.15) is 0 Å². The van der Waals surface area contributed by atoms with Crippen molar-refractivity contribution in [1.29, 1.82) is 0 Å². The van der Waals surface area contributed by atoms with Crippen molar-refractivity contribution >= 4 is 22.6 Å². The maximum Gasteiger partial charge on any atom is 0.264 e. The molecule has 0 saturated heterocycles. The Balaban J connectivity index is 2.29. The van der Waals surface area contributed by atoms with Crippen molar-refractivity contribution in [2.24, 2.45) is 0 Å². The molecule has 0 radical (unpaired) electrons. The molecule has 1 N–H and O–H groups in total. The minimum Gasteiger partial charge on any atom is -0.310 e. The molecule has 0 bridgehead atoms. The number of nitrogens with zero attached hydrogens (tertiary/aromatic N) is 2. The molecule has 21 heavy (non-hydrogen) atoms. The Bertz CT molecular complexity index is 636. The van der Waals surface area contributed by atoms with E-state index in [1.54, 1.807) is 0 Å². The highest BCUT2D eigenvalue weighted by molar-refractivity contribution is 14.1. The van der Waals surface area contributed by atoms with Crippen molar-refractivity contribution in [2.75, 3.05) is 19.6 Å². The van der Waals surface area contributed by atoms with Gasteiger partial charge in [0.1, 0.15) is 9.39 Å². The largest absolute Gasteiger partial charge is 0.310 e. The van der Waals surface area contributed by atoms with Crippen LogP contribution in [-0.4, -0.2) is 34.5 Å². The van der Waals surface area contributed by atoms with Crippen LogP contribution in [0.1, 0.15) is 19.7 Å². The highest BCUT2D eigenvalue weighted by Gasteiger charge is 2.11. The molecule has 0 fully saturated rings. The second kappa shape index (κ2) is 7.70. The van der Waals surface area contributed by atoms with Gasteiger partial charge in [-0.05, 0) is 35.7 Å². The van der Waals surface area contributed by atoms with Gasteiger partial charge >= 0.3 is 0 Å². The second-order valence-corrected chi connectivity index (χ2v) is 5.90. The highest BCUT2D eigenvalue weighted by Crippen LogP contribution is 2.20. The van der Waals surface area contributed by atoms with E-state index in [9.17, 15) is 4.79 Å². The molecular formula is C16H20IN3O. The number of halogens is 1. The molecule has 5 heteroatoms. The fourth-order valence-electron chi connectivity index (χ4n) is 2.21. The zero-order valence-electron chi connectivity index (χ0n) is 12.4. The summed E-state index contributed by atoms with van der Waals surface area (Å²) >= 11 is 2.06. The summed E-state index contributed by atoms with van der Waals surface area (Å²) < 4.78 is 0.644. The van der Waals surface area contributed by atoms with Crippen LogP contribution in [0.2, 0.25) is 0 Å². The number of likely N-dealkylation sites (N-methyl/N-ethyl adjacent to an activating group) is 1. The monoisotopic (exact) mass is 397 g/mol. The van der Waals surface area contributed by atoms with Gasteiger partial charge in [0.05, 0.1) is 5.69 Å². The Morgan fingerprint density at radius 2 is 1.86 bits per heavy atom. The third kappa shape index (κ3) is 4.14. The first-order chi connectivity index (χ1) is 10.2. The van der Waals surface area contributed by atoms with E-state index >= 15 is 0 Å². The van der Waals surface area contributed by atoms with Gasteiger partial charge in [-0.3, -0.25) is 4.79 Å². The summed E-state index contributed by atoms with van der Waals surface area (Å²) in [6.45, 7) is 7.21. The van der Waals surface area contributed by atoms with Crippen molar-refractivity contribution in [1.82, 2.24) is 14.9 Å². The van der Waals surface area contributed by atoms with Gasteiger partial charge in [0.15, 0.2) is 0 Å². The summed E-state index contributed by atoms with van der Waals surface area (Å²) in [5, 5.41) is 0. The van der Waals surface area contributed by atoms with E-state index < -0.39 is 0 Å². The van der Waals surface area contributed by atoms with Crippen molar-refractivity contribution in [3.63, 3.8) is 0 Å². The standard InChI is InChI=1S/C16H20IN3O/c1-3-20(4-2)11-10-13-18-15(14(17)16(21)19-13)12-8-6-5-7-9-12/h5-9H,3-4,10-11H2,1-2H3,(H,18,19,21). The van der Waals surface area contributed by atoms with Crippen LogP contribution < -0.4 is 5.56 Å². The Morgan fingerprint density at radius 1 is 1.19 bits per heavy atom. The van der Waals surface area contributed by atoms with E-state index in [1.165, 1.54) is 0 Å². The van der Waals surface area contributed by atoms with Gasteiger partial charge in [-0.15, -0.1) is 0 Å². The number of hydrogen-bond donors (Lipinski definition) is 1. The third-order valence-corrected chi connectivity index (χ3v) is 4.52. The van der Waals surface area contributed by atoms with Crippen LogP contribution >= 0.6 is 22.6 Å². The normalized spacial score (nSPS) is 11.0. The van der Waals surface area contributed by atoms with Crippen LogP contribution in [0.25, 0.3) is 11.3 Å². The van der Waals surface area contributed by atoms with Gasteiger partial charge in [0.25, 0.3) is 5.56 Å². The van der Waals surface area contributed by atoms with E-state index in [4.69, 9.17) is 0 Å². The molecule has 112 valence electrons. The van der Waals surface area contributed by atoms with Gasteiger partial charge in [0.2, 0.25) is 0 Å². The Kier molecular flexibility index (Phi) is 5.93. The van der Waals surface area contributed by atoms with Crippen LogP contribution in [0.15, 0.2) is 35.1 Å². The number of H-pyrrole nitrogens is 1. The summed E-state index contributed by atoms with van der Waals surface area (Å²) in [5.41, 5.74) is 1.70. The number of nitrogens with one attached hydrogen (secondary N) is 1. The fraction of sp³-hybridized carbons (Fsp3) is 0.375. The van der Waals surface area contributed by atoms with E-state index in [2.05, 4.69) is 51.3 Å². The van der Waals surface area contributed by atoms with Crippen molar-refractivity contribution in [3.05, 3.63) is 50.1 Å². The summed E-state index contributed by atoms with van der Waals surface area (Å²) in [5.74, 6) is 0.756. The average Bonchev–Trinajstić information content (AvgIpc) is 2.52. The lowest BCUT2D eigenvalue weighted by molar-refractivity contribution is 0.305. The lowest BCUT2D eigenvalue weighted by atomic mass is 10.1. The van der Waals surface area contributed by atoms with Gasteiger partial charge in [0, 0.05) is 18.5 Å². The maximum absolute atomic E-state index is 12.1. The summed E-state index contributed by atoms with van der Waals surface area (Å²) in [6.07, 6.45) is 0.758. The number of rotatable bonds is 6. The molecule has 0 spiro atoms. The minimum absolute atomic E-state index is 0.0565. The highest BCUT2D eigenvalue weighted by atomic mass is 127. The third-order valence-electron chi connectivity index (χ3n) is 3.52. The molecule has 0 atom stereocenters. The molecule has 0 aliphatic rings. The quantitative estimate of drug-likeness (QED) is 0.763. The lowest BCUT2D eigenvalue weighted by Crippen LogP contribution is -2.27. The number of aromatic nitrogens is 2. The van der Waals surface area contributed by atoms with E-state index in [0.29, 0.717) is 3.57 Å². The second-order valence-electron chi connectivity index (χ2n) is 4.82. The molecule has 0 aliphatic carbocycles. The lowest BCUT2D eigenvalue weighted by Gasteiger charge is -2.17. The number of benzene rings is 1. The number of aromatic amines is 1. The Labute approximate surface area is 138 Å². The Hall–Kier alpha value is -1.21. The zero-order valence-corrected chi connectivity index (χ0v) is 14.6. The van der Waals surface area contributed by atoms with E-state index in [0.717, 1.165) is 43.1 Å². The smallest absolute Gasteiger partial charge is 0.264 e. The first kappa shape index (κ1) is 16.2. The first-order valence-corrected chi connectivity index (χ1v) is 8.30. The molecule has 1 aromatic carbocycles. The zero-order chi connectivity index (χ0) is 15.2. The predicted molar refractivity (Wildman–Crippen MR) is 94.5 cm³/mol. The molecule has 0 aliphatic heterocycles. The van der Waals surface area contributed by atoms with Crippen LogP contribution in [0, 0.1) is 3.57 Å². The molecule has 1 aromatic heterocycles. The first-order valence-electron chi connectivity index (χ1n) is 7.22. The van der Waals surface area contributed by atoms with Gasteiger partial charge in [-0.1, -0.05) is 44.2 Å². The molecule has 0 saturated carbocycles. The minimum atomic E-state index is -0.0565.